The van der Waals surface area contributed by atoms with Crippen molar-refractivity contribution in [2.75, 3.05) is 26.7 Å². The van der Waals surface area contributed by atoms with E-state index in [1.807, 2.05) is 18.9 Å². The Balaban J connectivity index is 3.57. The van der Waals surface area contributed by atoms with Crippen LogP contribution in [0.4, 0.5) is 13.2 Å². The fraction of sp³-hybridized carbons (Fsp3) is 1.00. The fourth-order valence-corrected chi connectivity index (χ4v) is 0.951. The van der Waals surface area contributed by atoms with Crippen LogP contribution in [0.15, 0.2) is 0 Å². The van der Waals surface area contributed by atoms with Gasteiger partial charge >= 0.3 is 6.18 Å². The van der Waals surface area contributed by atoms with E-state index < -0.39 is 12.7 Å². The Bertz CT molecular complexity index is 136. The second kappa shape index (κ2) is 5.44. The van der Waals surface area contributed by atoms with E-state index in [4.69, 9.17) is 0 Å². The lowest BCUT2D eigenvalue weighted by atomic mass is 10.3. The van der Waals surface area contributed by atoms with Crippen molar-refractivity contribution in [2.45, 2.75) is 26.1 Å². The molecule has 2 nitrogen and oxygen atoms in total. The molecule has 0 aliphatic carbocycles. The first kappa shape index (κ1) is 12.7. The van der Waals surface area contributed by atoms with E-state index in [0.717, 1.165) is 6.54 Å². The smallest absolute Gasteiger partial charge is 0.305 e. The van der Waals surface area contributed by atoms with Gasteiger partial charge in [0.15, 0.2) is 0 Å². The van der Waals surface area contributed by atoms with E-state index >= 15 is 0 Å². The van der Waals surface area contributed by atoms with Gasteiger partial charge in [-0.2, -0.15) is 13.2 Å². The average molecular weight is 198 g/mol. The lowest BCUT2D eigenvalue weighted by Gasteiger charge is -2.21. The standard InChI is InChI=1S/C8H17F3N2/c1-4-13(3)5-7(2)12-6-8(9,10)11/h7,12H,4-6H2,1-3H3. The summed E-state index contributed by atoms with van der Waals surface area (Å²) < 4.78 is 35.3. The first-order valence-electron chi connectivity index (χ1n) is 4.34. The molecule has 0 spiro atoms. The van der Waals surface area contributed by atoms with Gasteiger partial charge in [0.25, 0.3) is 0 Å². The molecule has 0 radical (unpaired) electrons. The molecule has 0 aromatic rings. The van der Waals surface area contributed by atoms with E-state index in [2.05, 4.69) is 5.32 Å². The number of hydrogen-bond acceptors (Lipinski definition) is 2. The molecule has 0 fully saturated rings. The van der Waals surface area contributed by atoms with Crippen LogP contribution in [0.1, 0.15) is 13.8 Å². The Morgan fingerprint density at radius 3 is 2.31 bits per heavy atom. The number of halogens is 3. The molecule has 0 saturated heterocycles. The zero-order valence-corrected chi connectivity index (χ0v) is 8.28. The van der Waals surface area contributed by atoms with E-state index in [1.54, 1.807) is 6.92 Å². The van der Waals surface area contributed by atoms with Crippen LogP contribution >= 0.6 is 0 Å². The number of nitrogens with one attached hydrogen (secondary N) is 1. The molecule has 0 aliphatic heterocycles. The molecule has 1 atom stereocenters. The Labute approximate surface area is 77.1 Å². The van der Waals surface area contributed by atoms with Gasteiger partial charge in [0.1, 0.15) is 0 Å². The SMILES string of the molecule is CCN(C)CC(C)NCC(F)(F)F. The molecule has 1 unspecified atom stereocenters. The van der Waals surface area contributed by atoms with Crippen LogP contribution < -0.4 is 5.32 Å². The molecule has 0 bridgehead atoms. The summed E-state index contributed by atoms with van der Waals surface area (Å²) in [4.78, 5) is 1.97. The van der Waals surface area contributed by atoms with E-state index in [1.165, 1.54) is 0 Å². The summed E-state index contributed by atoms with van der Waals surface area (Å²) in [7, 11) is 1.88. The zero-order valence-electron chi connectivity index (χ0n) is 8.28. The maximum atomic E-state index is 11.8. The molecule has 0 amide bonds. The van der Waals surface area contributed by atoms with E-state index in [0.29, 0.717) is 6.54 Å². The van der Waals surface area contributed by atoms with E-state index in [9.17, 15) is 13.2 Å². The second-order valence-electron chi connectivity index (χ2n) is 3.25. The predicted molar refractivity (Wildman–Crippen MR) is 46.7 cm³/mol. The number of likely N-dealkylation sites (N-methyl/N-ethyl adjacent to an activating group) is 1. The molecule has 1 N–H and O–H groups in total. The van der Waals surface area contributed by atoms with Gasteiger partial charge in [-0.3, -0.25) is 0 Å². The summed E-state index contributed by atoms with van der Waals surface area (Å²) >= 11 is 0. The summed E-state index contributed by atoms with van der Waals surface area (Å²) in [5, 5.41) is 2.42. The monoisotopic (exact) mass is 198 g/mol. The third-order valence-electron chi connectivity index (χ3n) is 1.78. The van der Waals surface area contributed by atoms with Crippen molar-refractivity contribution >= 4 is 0 Å². The first-order valence-corrected chi connectivity index (χ1v) is 4.34. The predicted octanol–water partition coefficient (Wildman–Crippen LogP) is 1.48. The van der Waals surface area contributed by atoms with Crippen molar-refractivity contribution in [3.8, 4) is 0 Å². The molecule has 0 aromatic carbocycles. The Morgan fingerprint density at radius 1 is 1.38 bits per heavy atom. The van der Waals surface area contributed by atoms with Crippen LogP contribution in [-0.2, 0) is 0 Å². The average Bonchev–Trinajstić information content (AvgIpc) is 1.99. The molecule has 0 aliphatic rings. The van der Waals surface area contributed by atoms with Crippen LogP contribution in [-0.4, -0.2) is 43.8 Å². The molecule has 0 aromatic heterocycles. The van der Waals surface area contributed by atoms with Crippen LogP contribution in [0.2, 0.25) is 0 Å². The van der Waals surface area contributed by atoms with Crippen molar-refractivity contribution in [2.24, 2.45) is 0 Å². The van der Waals surface area contributed by atoms with Gasteiger partial charge in [0.2, 0.25) is 0 Å². The highest BCUT2D eigenvalue weighted by Gasteiger charge is 2.27. The Hall–Kier alpha value is -0.290. The topological polar surface area (TPSA) is 15.3 Å². The van der Waals surface area contributed by atoms with Crippen LogP contribution in [0.3, 0.4) is 0 Å². The molecule has 5 heteroatoms. The van der Waals surface area contributed by atoms with Gasteiger partial charge in [0.05, 0.1) is 6.54 Å². The molecule has 0 heterocycles. The second-order valence-corrected chi connectivity index (χ2v) is 3.25. The summed E-state index contributed by atoms with van der Waals surface area (Å²) in [6, 6.07) is -0.133. The van der Waals surface area contributed by atoms with Gasteiger partial charge in [-0.15, -0.1) is 0 Å². The van der Waals surface area contributed by atoms with Crippen molar-refractivity contribution in [1.82, 2.24) is 10.2 Å². The van der Waals surface area contributed by atoms with Crippen LogP contribution in [0, 0.1) is 0 Å². The van der Waals surface area contributed by atoms with E-state index in [-0.39, 0.29) is 6.04 Å². The third kappa shape index (κ3) is 8.05. The third-order valence-corrected chi connectivity index (χ3v) is 1.78. The fourth-order valence-electron chi connectivity index (χ4n) is 0.951. The van der Waals surface area contributed by atoms with Crippen molar-refractivity contribution in [1.29, 1.82) is 0 Å². The Kier molecular flexibility index (Phi) is 5.32. The molecule has 13 heavy (non-hydrogen) atoms. The number of nitrogens with zero attached hydrogens (tertiary/aromatic N) is 1. The normalized spacial score (nSPS) is 15.0. The van der Waals surface area contributed by atoms with Gasteiger partial charge < -0.3 is 10.2 Å². The quantitative estimate of drug-likeness (QED) is 0.719. The molecular weight excluding hydrogens is 181 g/mol. The van der Waals surface area contributed by atoms with Gasteiger partial charge in [-0.25, -0.2) is 0 Å². The summed E-state index contributed by atoms with van der Waals surface area (Å²) in [5.74, 6) is 0. The van der Waals surface area contributed by atoms with Crippen LogP contribution in [0.25, 0.3) is 0 Å². The van der Waals surface area contributed by atoms with Crippen LogP contribution in [0.5, 0.6) is 0 Å². The maximum Gasteiger partial charge on any atom is 0.401 e. The maximum absolute atomic E-state index is 11.8. The lowest BCUT2D eigenvalue weighted by molar-refractivity contribution is -0.126. The molecule has 80 valence electrons. The molecule has 0 rings (SSSR count). The first-order chi connectivity index (χ1) is 5.85. The highest BCUT2D eigenvalue weighted by molar-refractivity contribution is 4.66. The van der Waals surface area contributed by atoms with Gasteiger partial charge in [-0.1, -0.05) is 6.92 Å². The minimum atomic E-state index is -4.11. The largest absolute Gasteiger partial charge is 0.401 e. The lowest BCUT2D eigenvalue weighted by Crippen LogP contribution is -2.41. The van der Waals surface area contributed by atoms with Crippen molar-refractivity contribution in [3.63, 3.8) is 0 Å². The molecule has 0 saturated carbocycles. The van der Waals surface area contributed by atoms with Gasteiger partial charge in [-0.05, 0) is 20.5 Å². The summed E-state index contributed by atoms with van der Waals surface area (Å²) in [6.07, 6.45) is -4.11. The highest BCUT2D eigenvalue weighted by Crippen LogP contribution is 2.12. The highest BCUT2D eigenvalue weighted by atomic mass is 19.4. The summed E-state index contributed by atoms with van der Waals surface area (Å²) in [6.45, 7) is 4.28. The van der Waals surface area contributed by atoms with Crippen molar-refractivity contribution in [3.05, 3.63) is 0 Å². The molecular formula is C8H17F3N2. The van der Waals surface area contributed by atoms with Gasteiger partial charge in [0, 0.05) is 12.6 Å². The Morgan fingerprint density at radius 2 is 1.92 bits per heavy atom. The zero-order chi connectivity index (χ0) is 10.5. The minimum absolute atomic E-state index is 0.133. The number of hydrogen-bond donors (Lipinski definition) is 1. The van der Waals surface area contributed by atoms with Crippen molar-refractivity contribution < 1.29 is 13.2 Å². The summed E-state index contributed by atoms with van der Waals surface area (Å²) in [5.41, 5.74) is 0. The minimum Gasteiger partial charge on any atom is -0.305 e. The number of rotatable bonds is 5. The number of alkyl halides is 3.